The molecule has 11 heteroatoms. The standard InChI is InChI=1S/C19H17F6N5/c20-18(21,22)14-3-1-13(2-4-14)11-28-7-9-29(10-8-28)15-5-6-16-26-27-17(19(23,24)25)30(16)12-15/h1-6,12H,7-11H2. The Morgan fingerprint density at radius 2 is 1.43 bits per heavy atom. The molecule has 2 aromatic heterocycles. The largest absolute Gasteiger partial charge is 0.452 e. The summed E-state index contributed by atoms with van der Waals surface area (Å²) in [7, 11) is 0. The molecule has 3 aromatic rings. The molecule has 5 nitrogen and oxygen atoms in total. The van der Waals surface area contributed by atoms with Gasteiger partial charge in [0.25, 0.3) is 0 Å². The summed E-state index contributed by atoms with van der Waals surface area (Å²) in [6.07, 6.45) is -7.58. The van der Waals surface area contributed by atoms with Gasteiger partial charge >= 0.3 is 12.4 Å². The summed E-state index contributed by atoms with van der Waals surface area (Å²) >= 11 is 0. The van der Waals surface area contributed by atoms with Crippen molar-refractivity contribution in [2.75, 3.05) is 31.1 Å². The molecule has 3 heterocycles. The highest BCUT2D eigenvalue weighted by molar-refractivity contribution is 5.52. The van der Waals surface area contributed by atoms with Gasteiger partial charge in [0.15, 0.2) is 5.65 Å². The van der Waals surface area contributed by atoms with Crippen molar-refractivity contribution in [2.24, 2.45) is 0 Å². The van der Waals surface area contributed by atoms with Crippen LogP contribution in [0.15, 0.2) is 42.6 Å². The van der Waals surface area contributed by atoms with E-state index in [1.54, 1.807) is 6.07 Å². The lowest BCUT2D eigenvalue weighted by Crippen LogP contribution is -2.46. The van der Waals surface area contributed by atoms with Gasteiger partial charge in [-0.3, -0.25) is 9.30 Å². The molecule has 0 amide bonds. The predicted molar refractivity (Wildman–Crippen MR) is 96.9 cm³/mol. The van der Waals surface area contributed by atoms with Gasteiger partial charge in [0.1, 0.15) is 0 Å². The average Bonchev–Trinajstić information content (AvgIpc) is 3.12. The minimum absolute atomic E-state index is 0.118. The maximum absolute atomic E-state index is 13.1. The van der Waals surface area contributed by atoms with E-state index < -0.39 is 23.7 Å². The van der Waals surface area contributed by atoms with Crippen LogP contribution in [-0.2, 0) is 18.9 Å². The Hall–Kier alpha value is -2.82. The molecular weight excluding hydrogens is 412 g/mol. The lowest BCUT2D eigenvalue weighted by atomic mass is 10.1. The number of halogens is 6. The fraction of sp³-hybridized carbons (Fsp3) is 0.368. The zero-order valence-corrected chi connectivity index (χ0v) is 15.6. The normalized spacial score (nSPS) is 16.4. The number of nitrogens with zero attached hydrogens (tertiary/aromatic N) is 5. The smallest absolute Gasteiger partial charge is 0.368 e. The lowest BCUT2D eigenvalue weighted by molar-refractivity contribution is -0.145. The predicted octanol–water partition coefficient (Wildman–Crippen LogP) is 4.09. The Morgan fingerprint density at radius 1 is 0.767 bits per heavy atom. The fourth-order valence-electron chi connectivity index (χ4n) is 3.48. The van der Waals surface area contributed by atoms with E-state index in [9.17, 15) is 26.3 Å². The van der Waals surface area contributed by atoms with Gasteiger partial charge in [-0.2, -0.15) is 26.3 Å². The van der Waals surface area contributed by atoms with Crippen LogP contribution >= 0.6 is 0 Å². The molecule has 4 rings (SSSR count). The third kappa shape index (κ3) is 4.20. The van der Waals surface area contributed by atoms with Gasteiger partial charge in [-0.25, -0.2) is 0 Å². The van der Waals surface area contributed by atoms with Crippen molar-refractivity contribution in [2.45, 2.75) is 18.9 Å². The van der Waals surface area contributed by atoms with Gasteiger partial charge in [0.05, 0.1) is 11.3 Å². The number of rotatable bonds is 3. The summed E-state index contributed by atoms with van der Waals surface area (Å²) in [5.74, 6) is -1.07. The van der Waals surface area contributed by atoms with Crippen molar-refractivity contribution < 1.29 is 26.3 Å². The van der Waals surface area contributed by atoms with E-state index in [1.165, 1.54) is 24.4 Å². The molecular formula is C19H17F6N5. The Balaban J connectivity index is 1.41. The number of hydrogen-bond acceptors (Lipinski definition) is 4. The molecule has 1 saturated heterocycles. The second-order valence-corrected chi connectivity index (χ2v) is 7.09. The van der Waals surface area contributed by atoms with Crippen LogP contribution < -0.4 is 4.90 Å². The van der Waals surface area contributed by atoms with Gasteiger partial charge in [-0.1, -0.05) is 12.1 Å². The minimum atomic E-state index is -4.60. The maximum Gasteiger partial charge on any atom is 0.452 e. The lowest BCUT2D eigenvalue weighted by Gasteiger charge is -2.36. The molecule has 160 valence electrons. The molecule has 0 saturated carbocycles. The quantitative estimate of drug-likeness (QED) is 0.588. The number of anilines is 1. The zero-order valence-electron chi connectivity index (χ0n) is 15.6. The van der Waals surface area contributed by atoms with Crippen molar-refractivity contribution in [1.82, 2.24) is 19.5 Å². The third-order valence-electron chi connectivity index (χ3n) is 5.07. The van der Waals surface area contributed by atoms with Gasteiger partial charge in [-0.15, -0.1) is 10.2 Å². The highest BCUT2D eigenvalue weighted by Crippen LogP contribution is 2.30. The highest BCUT2D eigenvalue weighted by Gasteiger charge is 2.37. The van der Waals surface area contributed by atoms with E-state index in [-0.39, 0.29) is 5.65 Å². The molecule has 0 atom stereocenters. The summed E-state index contributed by atoms with van der Waals surface area (Å²) in [6, 6.07) is 8.26. The molecule has 1 fully saturated rings. The Bertz CT molecular complexity index is 1020. The van der Waals surface area contributed by atoms with Crippen LogP contribution in [0.25, 0.3) is 5.65 Å². The number of fused-ring (bicyclic) bond motifs is 1. The monoisotopic (exact) mass is 429 g/mol. The third-order valence-corrected chi connectivity index (χ3v) is 5.07. The zero-order chi connectivity index (χ0) is 21.5. The van der Waals surface area contributed by atoms with Gasteiger partial charge in [0, 0.05) is 38.9 Å². The fourth-order valence-corrected chi connectivity index (χ4v) is 3.48. The maximum atomic E-state index is 13.1. The van der Waals surface area contributed by atoms with Crippen LogP contribution in [0.1, 0.15) is 17.0 Å². The van der Waals surface area contributed by atoms with Crippen molar-refractivity contribution in [1.29, 1.82) is 0 Å². The van der Waals surface area contributed by atoms with E-state index in [4.69, 9.17) is 0 Å². The first-order valence-corrected chi connectivity index (χ1v) is 9.17. The molecule has 1 aliphatic heterocycles. The SMILES string of the molecule is FC(F)(F)c1ccc(CN2CCN(c3ccc4nnc(C(F)(F)F)n4c3)CC2)cc1. The van der Waals surface area contributed by atoms with E-state index in [0.717, 1.165) is 22.1 Å². The number of hydrogen-bond donors (Lipinski definition) is 0. The van der Waals surface area contributed by atoms with Gasteiger partial charge < -0.3 is 4.90 Å². The molecule has 0 unspecified atom stereocenters. The van der Waals surface area contributed by atoms with E-state index in [2.05, 4.69) is 15.1 Å². The molecule has 1 aliphatic rings. The van der Waals surface area contributed by atoms with Crippen molar-refractivity contribution in [3.8, 4) is 0 Å². The molecule has 0 radical (unpaired) electrons. The average molecular weight is 429 g/mol. The van der Waals surface area contributed by atoms with E-state index in [1.807, 2.05) is 4.90 Å². The van der Waals surface area contributed by atoms with Crippen LogP contribution in [0, 0.1) is 0 Å². The molecule has 0 N–H and O–H groups in total. The van der Waals surface area contributed by atoms with Crippen molar-refractivity contribution in [3.05, 3.63) is 59.5 Å². The summed E-state index contributed by atoms with van der Waals surface area (Å²) in [5, 5.41) is 6.77. The molecule has 0 bridgehead atoms. The molecule has 1 aromatic carbocycles. The van der Waals surface area contributed by atoms with E-state index >= 15 is 0 Å². The number of alkyl halides is 6. The van der Waals surface area contributed by atoms with Crippen molar-refractivity contribution in [3.63, 3.8) is 0 Å². The molecule has 30 heavy (non-hydrogen) atoms. The number of pyridine rings is 1. The van der Waals surface area contributed by atoms with Crippen molar-refractivity contribution >= 4 is 11.3 Å². The highest BCUT2D eigenvalue weighted by atomic mass is 19.4. The summed E-state index contributed by atoms with van der Waals surface area (Å²) in [4.78, 5) is 4.06. The Morgan fingerprint density at radius 3 is 2.03 bits per heavy atom. The first-order chi connectivity index (χ1) is 14.1. The number of piperazine rings is 1. The summed E-state index contributed by atoms with van der Waals surface area (Å²) in [5.41, 5.74) is 0.838. The Labute approximate surface area is 167 Å². The van der Waals surface area contributed by atoms with Gasteiger partial charge in [-0.05, 0) is 29.8 Å². The number of benzene rings is 1. The molecule has 0 aliphatic carbocycles. The van der Waals surface area contributed by atoms with Gasteiger partial charge in [0.2, 0.25) is 5.82 Å². The first kappa shape index (κ1) is 20.5. The van der Waals surface area contributed by atoms with Crippen LogP contribution in [0.5, 0.6) is 0 Å². The summed E-state index contributed by atoms with van der Waals surface area (Å²) < 4.78 is 78.1. The van der Waals surface area contributed by atoms with Crippen LogP contribution in [0.2, 0.25) is 0 Å². The first-order valence-electron chi connectivity index (χ1n) is 9.17. The van der Waals surface area contributed by atoms with Crippen LogP contribution in [0.3, 0.4) is 0 Å². The number of aromatic nitrogens is 3. The van der Waals surface area contributed by atoms with Crippen LogP contribution in [0.4, 0.5) is 32.0 Å². The topological polar surface area (TPSA) is 36.7 Å². The van der Waals surface area contributed by atoms with Crippen LogP contribution in [-0.4, -0.2) is 45.7 Å². The minimum Gasteiger partial charge on any atom is -0.368 e. The molecule has 0 spiro atoms. The second-order valence-electron chi connectivity index (χ2n) is 7.09. The summed E-state index contributed by atoms with van der Waals surface area (Å²) in [6.45, 7) is 2.93. The Kier molecular flexibility index (Phi) is 5.08. The van der Waals surface area contributed by atoms with E-state index in [0.29, 0.717) is 38.4 Å². The second kappa shape index (κ2) is 7.46.